The van der Waals surface area contributed by atoms with E-state index >= 15 is 0 Å². The van der Waals surface area contributed by atoms with Gasteiger partial charge in [-0.3, -0.25) is 10.3 Å². The van der Waals surface area contributed by atoms with E-state index in [-0.39, 0.29) is 0 Å². The maximum atomic E-state index is 5.93. The van der Waals surface area contributed by atoms with Crippen LogP contribution in [0.3, 0.4) is 0 Å². The van der Waals surface area contributed by atoms with E-state index in [1.54, 1.807) is 0 Å². The molecule has 0 aliphatic heterocycles. The number of benzene rings is 1. The molecule has 1 aromatic heterocycles. The summed E-state index contributed by atoms with van der Waals surface area (Å²) in [4.78, 5) is 12.8. The van der Waals surface area contributed by atoms with Crippen LogP contribution in [0, 0.1) is 13.8 Å². The fourth-order valence-electron chi connectivity index (χ4n) is 1.93. The molecule has 1 heterocycles. The maximum absolute atomic E-state index is 5.93. The van der Waals surface area contributed by atoms with Crippen LogP contribution in [-0.4, -0.2) is 22.5 Å². The number of rotatable bonds is 4. The van der Waals surface area contributed by atoms with Crippen LogP contribution in [0.25, 0.3) is 0 Å². The van der Waals surface area contributed by atoms with Crippen LogP contribution in [-0.2, 0) is 6.42 Å². The van der Waals surface area contributed by atoms with Crippen molar-refractivity contribution in [2.75, 3.05) is 11.9 Å². The normalized spacial score (nSPS) is 11.5. The molecule has 0 saturated heterocycles. The zero-order chi connectivity index (χ0) is 15.2. The van der Waals surface area contributed by atoms with Crippen LogP contribution in [0.4, 0.5) is 5.95 Å². The van der Waals surface area contributed by atoms with Crippen molar-refractivity contribution in [3.05, 3.63) is 52.3 Å². The number of aromatic nitrogens is 2. The Morgan fingerprint density at radius 3 is 2.62 bits per heavy atom. The van der Waals surface area contributed by atoms with Gasteiger partial charge in [0.2, 0.25) is 5.95 Å². The van der Waals surface area contributed by atoms with Crippen molar-refractivity contribution in [1.29, 1.82) is 0 Å². The Hall–Kier alpha value is -2.14. The second kappa shape index (κ2) is 7.04. The predicted octanol–water partition coefficient (Wildman–Crippen LogP) is 2.72. The molecule has 0 aliphatic rings. The Bertz CT molecular complexity index is 634. The third kappa shape index (κ3) is 5.04. The van der Waals surface area contributed by atoms with Crippen LogP contribution in [0.2, 0.25) is 5.02 Å². The van der Waals surface area contributed by atoms with Crippen LogP contribution < -0.4 is 11.1 Å². The van der Waals surface area contributed by atoms with Crippen molar-refractivity contribution in [3.8, 4) is 0 Å². The minimum absolute atomic E-state index is 0.307. The molecule has 0 radical (unpaired) electrons. The fraction of sp³-hybridized carbons (Fsp3) is 0.267. The molecule has 0 amide bonds. The Labute approximate surface area is 129 Å². The first kappa shape index (κ1) is 15.3. The summed E-state index contributed by atoms with van der Waals surface area (Å²) in [6.45, 7) is 4.39. The molecule has 6 heteroatoms. The first-order valence-electron chi connectivity index (χ1n) is 6.66. The van der Waals surface area contributed by atoms with Gasteiger partial charge >= 0.3 is 0 Å². The van der Waals surface area contributed by atoms with Crippen molar-refractivity contribution >= 4 is 23.5 Å². The van der Waals surface area contributed by atoms with Crippen molar-refractivity contribution in [2.45, 2.75) is 20.3 Å². The van der Waals surface area contributed by atoms with Gasteiger partial charge in [0.15, 0.2) is 5.96 Å². The summed E-state index contributed by atoms with van der Waals surface area (Å²) >= 11 is 5.93. The van der Waals surface area contributed by atoms with Gasteiger partial charge in [-0.05, 0) is 44.0 Å². The molecule has 0 aliphatic carbocycles. The largest absolute Gasteiger partial charge is 0.370 e. The summed E-state index contributed by atoms with van der Waals surface area (Å²) in [6, 6.07) is 9.61. The van der Waals surface area contributed by atoms with Gasteiger partial charge in [0.25, 0.3) is 0 Å². The third-order valence-corrected chi connectivity index (χ3v) is 3.03. The first-order chi connectivity index (χ1) is 10.0. The molecular formula is C15H18ClN5. The van der Waals surface area contributed by atoms with Crippen LogP contribution in [0.1, 0.15) is 17.0 Å². The summed E-state index contributed by atoms with van der Waals surface area (Å²) in [6.07, 6.45) is 0.774. The number of halogens is 1. The van der Waals surface area contributed by atoms with E-state index in [0.717, 1.165) is 28.4 Å². The number of anilines is 1. The highest BCUT2D eigenvalue weighted by Gasteiger charge is 2.01. The second-order valence-corrected chi connectivity index (χ2v) is 5.18. The molecule has 3 N–H and O–H groups in total. The summed E-state index contributed by atoms with van der Waals surface area (Å²) in [7, 11) is 0. The van der Waals surface area contributed by atoms with E-state index in [2.05, 4.69) is 20.3 Å². The Kier molecular flexibility index (Phi) is 5.11. The van der Waals surface area contributed by atoms with Gasteiger partial charge in [0, 0.05) is 23.0 Å². The molecule has 0 saturated carbocycles. The molecule has 2 aromatic rings. The minimum Gasteiger partial charge on any atom is -0.370 e. The van der Waals surface area contributed by atoms with Gasteiger partial charge in [-0.1, -0.05) is 23.7 Å². The molecule has 0 unspecified atom stereocenters. The summed E-state index contributed by atoms with van der Waals surface area (Å²) in [5.41, 5.74) is 8.73. The van der Waals surface area contributed by atoms with Gasteiger partial charge in [-0.2, -0.15) is 0 Å². The van der Waals surface area contributed by atoms with E-state index in [1.165, 1.54) is 0 Å². The molecule has 1 aromatic carbocycles. The highest BCUT2D eigenvalue weighted by Crippen LogP contribution is 2.11. The Morgan fingerprint density at radius 2 is 1.95 bits per heavy atom. The van der Waals surface area contributed by atoms with E-state index in [1.807, 2.05) is 44.2 Å². The lowest BCUT2D eigenvalue weighted by Crippen LogP contribution is -2.24. The van der Waals surface area contributed by atoms with Crippen LogP contribution >= 0.6 is 11.6 Å². The van der Waals surface area contributed by atoms with Crippen LogP contribution in [0.15, 0.2) is 35.3 Å². The molecule has 21 heavy (non-hydrogen) atoms. The number of guanidine groups is 1. The molecule has 110 valence electrons. The Balaban J connectivity index is 1.92. The van der Waals surface area contributed by atoms with E-state index in [0.29, 0.717) is 18.5 Å². The van der Waals surface area contributed by atoms with Crippen molar-refractivity contribution in [1.82, 2.24) is 9.97 Å². The second-order valence-electron chi connectivity index (χ2n) is 4.75. The smallest absolute Gasteiger partial charge is 0.229 e. The number of hydrogen-bond donors (Lipinski definition) is 2. The third-order valence-electron chi connectivity index (χ3n) is 2.79. The number of aryl methyl sites for hydroxylation is 2. The highest BCUT2D eigenvalue weighted by atomic mass is 35.5. The summed E-state index contributed by atoms with van der Waals surface area (Å²) in [5, 5.41) is 3.63. The van der Waals surface area contributed by atoms with Crippen LogP contribution in [0.5, 0.6) is 0 Å². The zero-order valence-electron chi connectivity index (χ0n) is 12.1. The molecule has 2 rings (SSSR count). The van der Waals surface area contributed by atoms with Gasteiger partial charge < -0.3 is 5.73 Å². The fourth-order valence-corrected chi connectivity index (χ4v) is 2.15. The molecular weight excluding hydrogens is 286 g/mol. The minimum atomic E-state index is 0.307. The lowest BCUT2D eigenvalue weighted by atomic mass is 10.1. The van der Waals surface area contributed by atoms with E-state index in [9.17, 15) is 0 Å². The number of nitrogens with one attached hydrogen (secondary N) is 1. The Morgan fingerprint density at radius 1 is 1.24 bits per heavy atom. The van der Waals surface area contributed by atoms with Gasteiger partial charge in [0.05, 0.1) is 0 Å². The molecule has 0 atom stereocenters. The van der Waals surface area contributed by atoms with E-state index < -0.39 is 0 Å². The molecule has 5 nitrogen and oxygen atoms in total. The SMILES string of the molecule is Cc1cc(C)nc(NC(N)=NCCc2cccc(Cl)c2)n1. The quantitative estimate of drug-likeness (QED) is 0.672. The first-order valence-corrected chi connectivity index (χ1v) is 7.04. The topological polar surface area (TPSA) is 76.2 Å². The van der Waals surface area contributed by atoms with Gasteiger partial charge in [-0.15, -0.1) is 0 Å². The average molecular weight is 304 g/mol. The molecule has 0 spiro atoms. The number of nitrogens with zero attached hydrogens (tertiary/aromatic N) is 3. The lowest BCUT2D eigenvalue weighted by Gasteiger charge is -2.06. The summed E-state index contributed by atoms with van der Waals surface area (Å²) < 4.78 is 0. The number of hydrogen-bond acceptors (Lipinski definition) is 3. The monoisotopic (exact) mass is 303 g/mol. The highest BCUT2D eigenvalue weighted by molar-refractivity contribution is 6.30. The molecule has 0 bridgehead atoms. The number of aliphatic imine (C=N–C) groups is 1. The maximum Gasteiger partial charge on any atom is 0.229 e. The van der Waals surface area contributed by atoms with Crippen molar-refractivity contribution < 1.29 is 0 Å². The zero-order valence-corrected chi connectivity index (χ0v) is 12.9. The van der Waals surface area contributed by atoms with Gasteiger partial charge in [0.1, 0.15) is 0 Å². The summed E-state index contributed by atoms with van der Waals surface area (Å²) in [5.74, 6) is 0.776. The lowest BCUT2D eigenvalue weighted by molar-refractivity contribution is 0.962. The number of nitrogens with two attached hydrogens (primary N) is 1. The van der Waals surface area contributed by atoms with Crippen molar-refractivity contribution in [2.24, 2.45) is 10.7 Å². The standard InChI is InChI=1S/C15H18ClN5/c1-10-8-11(2)20-15(19-10)21-14(17)18-7-6-12-4-3-5-13(16)9-12/h3-5,8-9H,6-7H2,1-2H3,(H3,17,18,19,20,21). The molecule has 0 fully saturated rings. The predicted molar refractivity (Wildman–Crippen MR) is 86.8 cm³/mol. The van der Waals surface area contributed by atoms with Crippen molar-refractivity contribution in [3.63, 3.8) is 0 Å². The average Bonchev–Trinajstić information content (AvgIpc) is 2.37. The van der Waals surface area contributed by atoms with E-state index in [4.69, 9.17) is 17.3 Å². The van der Waals surface area contributed by atoms with Gasteiger partial charge in [-0.25, -0.2) is 9.97 Å².